The first-order valence-corrected chi connectivity index (χ1v) is 7.64. The van der Waals surface area contributed by atoms with E-state index in [1.165, 1.54) is 16.7 Å². The lowest BCUT2D eigenvalue weighted by molar-refractivity contribution is 0.734. The van der Waals surface area contributed by atoms with E-state index in [-0.39, 0.29) is 6.04 Å². The Morgan fingerprint density at radius 3 is 2.62 bits per heavy atom. The molecular weight excluding hydrogens is 280 g/mol. The summed E-state index contributed by atoms with van der Waals surface area (Å²) in [6, 6.07) is 14.7. The van der Waals surface area contributed by atoms with Crippen LogP contribution in [0.25, 0.3) is 0 Å². The van der Waals surface area contributed by atoms with Crippen molar-refractivity contribution in [3.05, 3.63) is 64.2 Å². The maximum absolute atomic E-state index is 6.17. The summed E-state index contributed by atoms with van der Waals surface area (Å²) in [6.07, 6.45) is 0.852. The predicted octanol–water partition coefficient (Wildman–Crippen LogP) is 4.17. The molecule has 0 aliphatic carbocycles. The van der Waals surface area contributed by atoms with Crippen LogP contribution in [0.4, 0.5) is 5.69 Å². The lowest BCUT2D eigenvalue weighted by Crippen LogP contribution is -2.22. The van der Waals surface area contributed by atoms with E-state index in [0.29, 0.717) is 0 Å². The number of hydrogen-bond donors (Lipinski definition) is 1. The molecule has 3 heteroatoms. The van der Waals surface area contributed by atoms with Crippen molar-refractivity contribution in [3.63, 3.8) is 0 Å². The van der Waals surface area contributed by atoms with Gasteiger partial charge in [0.1, 0.15) is 0 Å². The van der Waals surface area contributed by atoms with Crippen LogP contribution in [0.15, 0.2) is 42.5 Å². The molecule has 0 aliphatic rings. The van der Waals surface area contributed by atoms with E-state index in [1.54, 1.807) is 0 Å². The lowest BCUT2D eigenvalue weighted by atomic mass is 10.0. The standard InChI is InChI=1S/C18H23ClN2/c1-13-5-4-6-15(9-13)12-21(3)18-11-17(19)8-7-16(18)10-14(2)20/h4-9,11,14H,10,12,20H2,1-3H3. The molecule has 0 saturated carbocycles. The van der Waals surface area contributed by atoms with Gasteiger partial charge in [-0.1, -0.05) is 47.5 Å². The van der Waals surface area contributed by atoms with E-state index in [1.807, 2.05) is 19.1 Å². The van der Waals surface area contributed by atoms with Gasteiger partial charge in [0.25, 0.3) is 0 Å². The molecule has 2 N–H and O–H groups in total. The third-order valence-corrected chi connectivity index (χ3v) is 3.74. The lowest BCUT2D eigenvalue weighted by Gasteiger charge is -2.24. The van der Waals surface area contributed by atoms with Gasteiger partial charge in [-0.2, -0.15) is 0 Å². The third kappa shape index (κ3) is 4.48. The topological polar surface area (TPSA) is 29.3 Å². The summed E-state index contributed by atoms with van der Waals surface area (Å²) in [4.78, 5) is 2.23. The monoisotopic (exact) mass is 302 g/mol. The first-order chi connectivity index (χ1) is 9.95. The number of rotatable bonds is 5. The molecular formula is C18H23ClN2. The van der Waals surface area contributed by atoms with Crippen molar-refractivity contribution in [2.75, 3.05) is 11.9 Å². The van der Waals surface area contributed by atoms with E-state index in [4.69, 9.17) is 17.3 Å². The molecule has 2 rings (SSSR count). The smallest absolute Gasteiger partial charge is 0.0426 e. The molecule has 2 aromatic rings. The first kappa shape index (κ1) is 15.9. The number of benzene rings is 2. The highest BCUT2D eigenvalue weighted by molar-refractivity contribution is 6.30. The van der Waals surface area contributed by atoms with E-state index >= 15 is 0 Å². The molecule has 0 saturated heterocycles. The summed E-state index contributed by atoms with van der Waals surface area (Å²) >= 11 is 6.17. The third-order valence-electron chi connectivity index (χ3n) is 3.50. The average Bonchev–Trinajstić information content (AvgIpc) is 2.40. The van der Waals surface area contributed by atoms with Gasteiger partial charge < -0.3 is 10.6 Å². The summed E-state index contributed by atoms with van der Waals surface area (Å²) in [5.41, 5.74) is 10.9. The highest BCUT2D eigenvalue weighted by atomic mass is 35.5. The van der Waals surface area contributed by atoms with Crippen molar-refractivity contribution in [1.29, 1.82) is 0 Å². The molecule has 112 valence electrons. The van der Waals surface area contributed by atoms with Crippen LogP contribution in [0.2, 0.25) is 5.02 Å². The molecule has 21 heavy (non-hydrogen) atoms. The summed E-state index contributed by atoms with van der Waals surface area (Å²) in [5, 5.41) is 0.759. The van der Waals surface area contributed by atoms with Gasteiger partial charge >= 0.3 is 0 Å². The average molecular weight is 303 g/mol. The van der Waals surface area contributed by atoms with Crippen LogP contribution >= 0.6 is 11.6 Å². The molecule has 2 nitrogen and oxygen atoms in total. The molecule has 0 aliphatic heterocycles. The van der Waals surface area contributed by atoms with Gasteiger partial charge in [0.15, 0.2) is 0 Å². The van der Waals surface area contributed by atoms with Gasteiger partial charge in [-0.25, -0.2) is 0 Å². The molecule has 0 fully saturated rings. The molecule has 0 radical (unpaired) electrons. The zero-order valence-electron chi connectivity index (χ0n) is 12.9. The van der Waals surface area contributed by atoms with Gasteiger partial charge in [-0.05, 0) is 43.5 Å². The summed E-state index contributed by atoms with van der Waals surface area (Å²) in [5.74, 6) is 0. The second-order valence-electron chi connectivity index (χ2n) is 5.80. The molecule has 1 unspecified atom stereocenters. The van der Waals surface area contributed by atoms with Crippen molar-refractivity contribution >= 4 is 17.3 Å². The van der Waals surface area contributed by atoms with E-state index in [0.717, 1.165) is 23.7 Å². The van der Waals surface area contributed by atoms with Crippen molar-refractivity contribution in [2.45, 2.75) is 32.9 Å². The number of nitrogens with zero attached hydrogens (tertiary/aromatic N) is 1. The Labute approximate surface area is 132 Å². The zero-order valence-corrected chi connectivity index (χ0v) is 13.7. The van der Waals surface area contributed by atoms with Gasteiger partial charge in [0.2, 0.25) is 0 Å². The van der Waals surface area contributed by atoms with Crippen LogP contribution < -0.4 is 10.6 Å². The van der Waals surface area contributed by atoms with Gasteiger partial charge in [0.05, 0.1) is 0 Å². The minimum absolute atomic E-state index is 0.136. The molecule has 0 amide bonds. The Morgan fingerprint density at radius 1 is 1.19 bits per heavy atom. The number of aryl methyl sites for hydroxylation is 1. The maximum Gasteiger partial charge on any atom is 0.0426 e. The summed E-state index contributed by atoms with van der Waals surface area (Å²) in [6.45, 7) is 5.00. The fraction of sp³-hybridized carbons (Fsp3) is 0.333. The first-order valence-electron chi connectivity index (χ1n) is 7.26. The second-order valence-corrected chi connectivity index (χ2v) is 6.24. The van der Waals surface area contributed by atoms with Crippen LogP contribution in [0, 0.1) is 6.92 Å². The number of hydrogen-bond acceptors (Lipinski definition) is 2. The highest BCUT2D eigenvalue weighted by Gasteiger charge is 2.10. The van der Waals surface area contributed by atoms with E-state index in [2.05, 4.69) is 49.2 Å². The van der Waals surface area contributed by atoms with Crippen molar-refractivity contribution in [2.24, 2.45) is 5.73 Å². The number of anilines is 1. The van der Waals surface area contributed by atoms with Gasteiger partial charge in [-0.15, -0.1) is 0 Å². The Morgan fingerprint density at radius 2 is 1.95 bits per heavy atom. The van der Waals surface area contributed by atoms with E-state index < -0.39 is 0 Å². The largest absolute Gasteiger partial charge is 0.370 e. The zero-order chi connectivity index (χ0) is 15.4. The fourth-order valence-corrected chi connectivity index (χ4v) is 2.75. The minimum atomic E-state index is 0.136. The van der Waals surface area contributed by atoms with Crippen molar-refractivity contribution in [1.82, 2.24) is 0 Å². The minimum Gasteiger partial charge on any atom is -0.370 e. The molecule has 2 aromatic carbocycles. The maximum atomic E-state index is 6.17. The summed E-state index contributed by atoms with van der Waals surface area (Å²) < 4.78 is 0. The van der Waals surface area contributed by atoms with Gasteiger partial charge in [-0.3, -0.25) is 0 Å². The second kappa shape index (κ2) is 6.97. The van der Waals surface area contributed by atoms with Crippen LogP contribution in [-0.4, -0.2) is 13.1 Å². The van der Waals surface area contributed by atoms with Gasteiger partial charge in [0, 0.05) is 30.3 Å². The fourth-order valence-electron chi connectivity index (χ4n) is 2.58. The molecule has 0 heterocycles. The molecule has 0 aromatic heterocycles. The number of halogens is 1. The Bertz CT molecular complexity index is 608. The molecule has 0 spiro atoms. The molecule has 1 atom stereocenters. The van der Waals surface area contributed by atoms with Crippen LogP contribution in [-0.2, 0) is 13.0 Å². The Balaban J connectivity index is 2.25. The quantitative estimate of drug-likeness (QED) is 0.898. The Kier molecular flexibility index (Phi) is 5.27. The van der Waals surface area contributed by atoms with Crippen LogP contribution in [0.1, 0.15) is 23.6 Å². The normalized spacial score (nSPS) is 12.2. The summed E-state index contributed by atoms with van der Waals surface area (Å²) in [7, 11) is 2.10. The van der Waals surface area contributed by atoms with E-state index in [9.17, 15) is 0 Å². The SMILES string of the molecule is Cc1cccc(CN(C)c2cc(Cl)ccc2CC(C)N)c1. The number of nitrogens with two attached hydrogens (primary N) is 1. The van der Waals surface area contributed by atoms with Crippen molar-refractivity contribution in [3.8, 4) is 0 Å². The Hall–Kier alpha value is -1.51. The van der Waals surface area contributed by atoms with Crippen molar-refractivity contribution < 1.29 is 0 Å². The van der Waals surface area contributed by atoms with Crippen LogP contribution in [0.3, 0.4) is 0 Å². The van der Waals surface area contributed by atoms with Crippen LogP contribution in [0.5, 0.6) is 0 Å². The highest BCUT2D eigenvalue weighted by Crippen LogP contribution is 2.26. The molecule has 0 bridgehead atoms. The predicted molar refractivity (Wildman–Crippen MR) is 92.1 cm³/mol.